The molecule has 8 heteroatoms. The molecule has 2 rings (SSSR count). The van der Waals surface area contributed by atoms with Gasteiger partial charge in [0.15, 0.2) is 0 Å². The summed E-state index contributed by atoms with van der Waals surface area (Å²) in [6, 6.07) is 5.18. The minimum absolute atomic E-state index is 0.155. The van der Waals surface area contributed by atoms with Gasteiger partial charge in [0.2, 0.25) is 0 Å². The number of halogens is 3. The summed E-state index contributed by atoms with van der Waals surface area (Å²) in [6.45, 7) is 0.432. The van der Waals surface area contributed by atoms with Crippen LogP contribution in [0.3, 0.4) is 0 Å². The molecule has 0 aliphatic carbocycles. The number of aromatic nitrogens is 1. The first kappa shape index (κ1) is 16.3. The number of hydrogen-bond acceptors (Lipinski definition) is 3. The molecule has 1 aromatic heterocycles. The highest BCUT2D eigenvalue weighted by Crippen LogP contribution is 2.22. The molecule has 0 atom stereocenters. The van der Waals surface area contributed by atoms with Crippen molar-refractivity contribution in [2.24, 2.45) is 0 Å². The predicted molar refractivity (Wildman–Crippen MR) is 79.0 cm³/mol. The zero-order valence-electron chi connectivity index (χ0n) is 11.5. The fourth-order valence-electron chi connectivity index (χ4n) is 1.78. The van der Waals surface area contributed by atoms with E-state index in [9.17, 15) is 18.0 Å². The quantitative estimate of drug-likeness (QED) is 0.880. The summed E-state index contributed by atoms with van der Waals surface area (Å²) in [4.78, 5) is 15.7. The van der Waals surface area contributed by atoms with Gasteiger partial charge in [-0.3, -0.25) is 0 Å². The highest BCUT2D eigenvalue weighted by Gasteiger charge is 2.27. The number of urea groups is 1. The Kier molecular flexibility index (Phi) is 5.37. The van der Waals surface area contributed by atoms with Crippen LogP contribution in [0.2, 0.25) is 0 Å². The molecule has 0 unspecified atom stereocenters. The van der Waals surface area contributed by atoms with Crippen molar-refractivity contribution in [1.82, 2.24) is 10.3 Å². The fourth-order valence-corrected chi connectivity index (χ4v) is 2.37. The van der Waals surface area contributed by atoms with Gasteiger partial charge in [-0.25, -0.2) is 9.78 Å². The Morgan fingerprint density at radius 2 is 1.95 bits per heavy atom. The van der Waals surface area contributed by atoms with Gasteiger partial charge in [0, 0.05) is 24.0 Å². The van der Waals surface area contributed by atoms with Crippen LogP contribution in [0.25, 0.3) is 0 Å². The van der Waals surface area contributed by atoms with Crippen molar-refractivity contribution < 1.29 is 18.0 Å². The van der Waals surface area contributed by atoms with E-state index in [-0.39, 0.29) is 5.56 Å². The van der Waals surface area contributed by atoms with Crippen molar-refractivity contribution in [3.8, 4) is 0 Å². The lowest BCUT2D eigenvalue weighted by molar-refractivity contribution is -0.127. The highest BCUT2D eigenvalue weighted by molar-refractivity contribution is 7.07. The Balaban J connectivity index is 1.76. The molecule has 1 heterocycles. The molecule has 2 aromatic rings. The summed E-state index contributed by atoms with van der Waals surface area (Å²) in [6.07, 6.45) is -4.59. The van der Waals surface area contributed by atoms with Crippen LogP contribution in [0.15, 0.2) is 35.2 Å². The van der Waals surface area contributed by atoms with Crippen molar-refractivity contribution in [3.05, 3.63) is 46.4 Å². The summed E-state index contributed by atoms with van der Waals surface area (Å²) in [5.41, 5.74) is 3.22. The van der Waals surface area contributed by atoms with Gasteiger partial charge in [-0.15, -0.1) is 11.3 Å². The van der Waals surface area contributed by atoms with Crippen LogP contribution in [0.5, 0.6) is 0 Å². The summed E-state index contributed by atoms with van der Waals surface area (Å²) in [7, 11) is 0. The number of carbonyl (C=O) groups is 1. The molecule has 0 saturated heterocycles. The molecular formula is C14H14F3N3OS. The Morgan fingerprint density at radius 1 is 1.23 bits per heavy atom. The summed E-state index contributed by atoms with van der Waals surface area (Å²) < 4.78 is 36.7. The number of nitrogens with zero attached hydrogens (tertiary/aromatic N) is 1. The van der Waals surface area contributed by atoms with Crippen molar-refractivity contribution in [2.75, 3.05) is 11.9 Å². The third kappa shape index (κ3) is 5.72. The van der Waals surface area contributed by atoms with Crippen LogP contribution < -0.4 is 10.6 Å². The van der Waals surface area contributed by atoms with Crippen molar-refractivity contribution in [3.63, 3.8) is 0 Å². The molecule has 0 spiro atoms. The molecular weight excluding hydrogens is 315 g/mol. The maximum absolute atomic E-state index is 12.2. The number of anilines is 1. The minimum Gasteiger partial charge on any atom is -0.337 e. The molecule has 22 heavy (non-hydrogen) atoms. The molecule has 0 fully saturated rings. The lowest BCUT2D eigenvalue weighted by Crippen LogP contribution is -2.30. The van der Waals surface area contributed by atoms with Crippen LogP contribution in [-0.2, 0) is 12.8 Å². The number of benzene rings is 1. The van der Waals surface area contributed by atoms with Gasteiger partial charge in [0.05, 0.1) is 17.6 Å². The zero-order chi connectivity index (χ0) is 16.0. The third-order valence-corrected chi connectivity index (χ3v) is 3.40. The van der Waals surface area contributed by atoms with E-state index in [0.717, 1.165) is 5.69 Å². The molecule has 0 radical (unpaired) electrons. The molecule has 2 N–H and O–H groups in total. The molecule has 0 bridgehead atoms. The minimum atomic E-state index is -4.23. The maximum atomic E-state index is 12.2. The van der Waals surface area contributed by atoms with E-state index in [0.29, 0.717) is 18.7 Å². The van der Waals surface area contributed by atoms with E-state index < -0.39 is 18.6 Å². The maximum Gasteiger partial charge on any atom is 0.393 e. The highest BCUT2D eigenvalue weighted by atomic mass is 32.1. The summed E-state index contributed by atoms with van der Waals surface area (Å²) in [5.74, 6) is 0. The monoisotopic (exact) mass is 329 g/mol. The van der Waals surface area contributed by atoms with E-state index in [1.54, 1.807) is 5.51 Å². The average molecular weight is 329 g/mol. The van der Waals surface area contributed by atoms with E-state index in [4.69, 9.17) is 0 Å². The van der Waals surface area contributed by atoms with Crippen LogP contribution >= 0.6 is 11.3 Å². The largest absolute Gasteiger partial charge is 0.393 e. The number of carbonyl (C=O) groups excluding carboxylic acids is 1. The first-order chi connectivity index (χ1) is 10.4. The van der Waals surface area contributed by atoms with E-state index in [1.165, 1.54) is 35.6 Å². The van der Waals surface area contributed by atoms with E-state index in [1.807, 2.05) is 5.38 Å². The SMILES string of the molecule is O=C(NCCc1cscn1)Nc1ccc(CC(F)(F)F)cc1. The number of thiazole rings is 1. The number of rotatable bonds is 5. The number of alkyl halides is 3. The van der Waals surface area contributed by atoms with Crippen LogP contribution in [-0.4, -0.2) is 23.7 Å². The van der Waals surface area contributed by atoms with Gasteiger partial charge in [-0.05, 0) is 17.7 Å². The van der Waals surface area contributed by atoms with Crippen molar-refractivity contribution in [1.29, 1.82) is 0 Å². The van der Waals surface area contributed by atoms with Gasteiger partial charge in [0.25, 0.3) is 0 Å². The molecule has 118 valence electrons. The standard InChI is InChI=1S/C14H14F3N3OS/c15-14(16,17)7-10-1-3-11(4-2-10)20-13(21)18-6-5-12-8-22-9-19-12/h1-4,8-9H,5-7H2,(H2,18,20,21). The van der Waals surface area contributed by atoms with E-state index in [2.05, 4.69) is 15.6 Å². The van der Waals surface area contributed by atoms with Crippen LogP contribution in [0.1, 0.15) is 11.3 Å². The number of hydrogen-bond donors (Lipinski definition) is 2. The second kappa shape index (κ2) is 7.26. The third-order valence-electron chi connectivity index (χ3n) is 2.77. The average Bonchev–Trinajstić information content (AvgIpc) is 2.92. The molecule has 2 amide bonds. The number of amides is 2. The predicted octanol–water partition coefficient (Wildman–Crippen LogP) is 3.61. The molecule has 0 aliphatic rings. The second-order valence-electron chi connectivity index (χ2n) is 4.60. The second-order valence-corrected chi connectivity index (χ2v) is 5.32. The smallest absolute Gasteiger partial charge is 0.337 e. The Morgan fingerprint density at radius 3 is 2.55 bits per heavy atom. The van der Waals surface area contributed by atoms with Gasteiger partial charge < -0.3 is 10.6 Å². The lowest BCUT2D eigenvalue weighted by Gasteiger charge is -2.09. The Labute approximate surface area is 129 Å². The molecule has 1 aromatic carbocycles. The van der Waals surface area contributed by atoms with Crippen LogP contribution in [0.4, 0.5) is 23.7 Å². The normalized spacial score (nSPS) is 11.2. The van der Waals surface area contributed by atoms with Crippen molar-refractivity contribution >= 4 is 23.1 Å². The number of nitrogens with one attached hydrogen (secondary N) is 2. The topological polar surface area (TPSA) is 54.0 Å². The Hall–Kier alpha value is -2.09. The first-order valence-electron chi connectivity index (χ1n) is 6.50. The van der Waals surface area contributed by atoms with Gasteiger partial charge in [-0.1, -0.05) is 12.1 Å². The van der Waals surface area contributed by atoms with Gasteiger partial charge in [-0.2, -0.15) is 13.2 Å². The Bertz CT molecular complexity index is 597. The first-order valence-corrected chi connectivity index (χ1v) is 7.44. The molecule has 0 saturated carbocycles. The van der Waals surface area contributed by atoms with E-state index >= 15 is 0 Å². The molecule has 4 nitrogen and oxygen atoms in total. The van der Waals surface area contributed by atoms with Crippen LogP contribution in [0, 0.1) is 0 Å². The van der Waals surface area contributed by atoms with Gasteiger partial charge in [0.1, 0.15) is 0 Å². The zero-order valence-corrected chi connectivity index (χ0v) is 12.3. The molecule has 0 aliphatic heterocycles. The van der Waals surface area contributed by atoms with Crippen molar-refractivity contribution in [2.45, 2.75) is 19.0 Å². The summed E-state index contributed by atoms with van der Waals surface area (Å²) >= 11 is 1.49. The fraction of sp³-hybridized carbons (Fsp3) is 0.286. The van der Waals surface area contributed by atoms with Gasteiger partial charge >= 0.3 is 12.2 Å². The summed E-state index contributed by atoms with van der Waals surface area (Å²) in [5, 5.41) is 7.12. The lowest BCUT2D eigenvalue weighted by atomic mass is 10.1.